The topological polar surface area (TPSA) is 38.3 Å². The highest BCUT2D eigenvalue weighted by Crippen LogP contribution is 2.23. The van der Waals surface area contributed by atoms with Gasteiger partial charge in [-0.2, -0.15) is 0 Å². The number of carbonyl (C=O) groups excluding carboxylic acids is 1. The van der Waals surface area contributed by atoms with Gasteiger partial charge in [0.15, 0.2) is 0 Å². The van der Waals surface area contributed by atoms with Crippen LogP contribution in [0.3, 0.4) is 0 Å². The number of nitrogens with one attached hydrogen (secondary N) is 1. The van der Waals surface area contributed by atoms with Crippen molar-refractivity contribution in [1.82, 2.24) is 0 Å². The molecule has 0 atom stereocenters. The van der Waals surface area contributed by atoms with Gasteiger partial charge in [-0.1, -0.05) is 0 Å². The number of halogens is 2. The zero-order chi connectivity index (χ0) is 11.4. The Morgan fingerprint density at radius 1 is 1.60 bits per heavy atom. The van der Waals surface area contributed by atoms with Crippen LogP contribution in [0.25, 0.3) is 0 Å². The molecule has 0 amide bonds. The molecular formula is C10H11BrFNO2. The highest BCUT2D eigenvalue weighted by molar-refractivity contribution is 9.10. The first kappa shape index (κ1) is 12.0. The molecule has 0 spiro atoms. The predicted octanol–water partition coefficient (Wildman–Crippen LogP) is 2.48. The van der Waals surface area contributed by atoms with E-state index in [-0.39, 0.29) is 18.3 Å². The van der Waals surface area contributed by atoms with Crippen molar-refractivity contribution in [3.05, 3.63) is 28.0 Å². The molecule has 1 rings (SSSR count). The number of esters is 1. The maximum atomic E-state index is 13.1. The van der Waals surface area contributed by atoms with Gasteiger partial charge in [-0.15, -0.1) is 0 Å². The molecule has 0 aliphatic heterocycles. The van der Waals surface area contributed by atoms with Crippen LogP contribution in [0.4, 0.5) is 10.1 Å². The zero-order valence-electron chi connectivity index (χ0n) is 8.43. The van der Waals surface area contributed by atoms with E-state index in [2.05, 4.69) is 26.0 Å². The van der Waals surface area contributed by atoms with Gasteiger partial charge < -0.3 is 10.1 Å². The molecule has 0 aromatic heterocycles. The second kappa shape index (κ2) is 5.11. The summed E-state index contributed by atoms with van der Waals surface area (Å²) in [4.78, 5) is 10.9. The molecule has 82 valence electrons. The fraction of sp³-hybridized carbons (Fsp3) is 0.300. The van der Waals surface area contributed by atoms with E-state index in [1.54, 1.807) is 13.0 Å². The summed E-state index contributed by atoms with van der Waals surface area (Å²) in [5.74, 6) is -0.689. The summed E-state index contributed by atoms with van der Waals surface area (Å²) in [5, 5.41) is 2.86. The number of hydrogen-bond acceptors (Lipinski definition) is 3. The molecule has 0 radical (unpaired) electrons. The molecule has 0 heterocycles. The van der Waals surface area contributed by atoms with E-state index in [9.17, 15) is 9.18 Å². The van der Waals surface area contributed by atoms with Crippen molar-refractivity contribution in [2.45, 2.75) is 6.92 Å². The van der Waals surface area contributed by atoms with Gasteiger partial charge in [0.1, 0.15) is 12.4 Å². The first-order chi connectivity index (χ1) is 7.04. The van der Waals surface area contributed by atoms with E-state index in [4.69, 9.17) is 0 Å². The molecule has 0 fully saturated rings. The Labute approximate surface area is 95.7 Å². The predicted molar refractivity (Wildman–Crippen MR) is 59.3 cm³/mol. The lowest BCUT2D eigenvalue weighted by atomic mass is 10.2. The summed E-state index contributed by atoms with van der Waals surface area (Å²) in [7, 11) is 1.32. The Hall–Kier alpha value is -1.10. The van der Waals surface area contributed by atoms with E-state index in [1.165, 1.54) is 13.2 Å². The quantitative estimate of drug-likeness (QED) is 0.862. The van der Waals surface area contributed by atoms with Crippen molar-refractivity contribution in [2.75, 3.05) is 19.0 Å². The van der Waals surface area contributed by atoms with E-state index in [1.807, 2.05) is 0 Å². The third kappa shape index (κ3) is 3.20. The normalized spacial score (nSPS) is 9.87. The molecule has 3 nitrogen and oxygen atoms in total. The van der Waals surface area contributed by atoms with Crippen molar-refractivity contribution in [1.29, 1.82) is 0 Å². The second-order valence-corrected chi connectivity index (χ2v) is 3.87. The lowest BCUT2D eigenvalue weighted by Crippen LogP contribution is -2.15. The minimum atomic E-state index is -0.366. The smallest absolute Gasteiger partial charge is 0.325 e. The molecular weight excluding hydrogens is 265 g/mol. The van der Waals surface area contributed by atoms with Crippen LogP contribution in [-0.4, -0.2) is 19.6 Å². The number of methoxy groups -OCH3 is 1. The fourth-order valence-corrected chi connectivity index (χ4v) is 1.42. The van der Waals surface area contributed by atoms with Crippen LogP contribution in [0.15, 0.2) is 16.6 Å². The molecule has 0 aliphatic carbocycles. The van der Waals surface area contributed by atoms with Crippen LogP contribution >= 0.6 is 15.9 Å². The van der Waals surface area contributed by atoms with Gasteiger partial charge in [0.05, 0.1) is 11.6 Å². The molecule has 0 bridgehead atoms. The fourth-order valence-electron chi connectivity index (χ4n) is 1.08. The Morgan fingerprint density at radius 3 is 2.87 bits per heavy atom. The Bertz CT molecular complexity index is 382. The van der Waals surface area contributed by atoms with Crippen LogP contribution in [0.2, 0.25) is 0 Å². The molecule has 5 heteroatoms. The third-order valence-corrected chi connectivity index (χ3v) is 2.53. The Morgan fingerprint density at radius 2 is 2.27 bits per heavy atom. The number of hydrogen-bond donors (Lipinski definition) is 1. The molecule has 0 saturated carbocycles. The molecule has 1 N–H and O–H groups in total. The maximum absolute atomic E-state index is 13.1. The van der Waals surface area contributed by atoms with Gasteiger partial charge in [0, 0.05) is 5.69 Å². The molecule has 1 aromatic carbocycles. The summed E-state index contributed by atoms with van der Waals surface area (Å²) in [6, 6.07) is 2.98. The SMILES string of the molecule is COC(=O)CNc1cc(Br)c(F)cc1C. The van der Waals surface area contributed by atoms with E-state index >= 15 is 0 Å². The Kier molecular flexibility index (Phi) is 4.08. The average molecular weight is 276 g/mol. The van der Waals surface area contributed by atoms with Crippen molar-refractivity contribution in [3.63, 3.8) is 0 Å². The standard InChI is InChI=1S/C10H11BrFNO2/c1-6-3-8(12)7(11)4-9(6)13-5-10(14)15-2/h3-4,13H,5H2,1-2H3. The summed E-state index contributed by atoms with van der Waals surface area (Å²) < 4.78 is 17.9. The van der Waals surface area contributed by atoms with Crippen molar-refractivity contribution in [3.8, 4) is 0 Å². The van der Waals surface area contributed by atoms with Gasteiger partial charge >= 0.3 is 5.97 Å². The third-order valence-electron chi connectivity index (χ3n) is 1.92. The lowest BCUT2D eigenvalue weighted by Gasteiger charge is -2.09. The van der Waals surface area contributed by atoms with Crippen LogP contribution in [0, 0.1) is 12.7 Å². The number of rotatable bonds is 3. The highest BCUT2D eigenvalue weighted by Gasteiger charge is 2.06. The molecule has 0 saturated heterocycles. The van der Waals surface area contributed by atoms with Crippen LogP contribution in [0.5, 0.6) is 0 Å². The maximum Gasteiger partial charge on any atom is 0.325 e. The van der Waals surface area contributed by atoms with Crippen LogP contribution in [0.1, 0.15) is 5.56 Å². The second-order valence-electron chi connectivity index (χ2n) is 3.01. The summed E-state index contributed by atoms with van der Waals surface area (Å²) in [5.41, 5.74) is 1.44. The van der Waals surface area contributed by atoms with E-state index in [0.717, 1.165) is 5.56 Å². The monoisotopic (exact) mass is 275 g/mol. The average Bonchev–Trinajstić information content (AvgIpc) is 2.21. The number of ether oxygens (including phenoxy) is 1. The number of aryl methyl sites for hydroxylation is 1. The number of benzene rings is 1. The van der Waals surface area contributed by atoms with Gasteiger partial charge in [-0.3, -0.25) is 4.79 Å². The number of anilines is 1. The van der Waals surface area contributed by atoms with Crippen LogP contribution < -0.4 is 5.32 Å². The zero-order valence-corrected chi connectivity index (χ0v) is 10.0. The highest BCUT2D eigenvalue weighted by atomic mass is 79.9. The summed E-state index contributed by atoms with van der Waals surface area (Å²) >= 11 is 3.07. The van der Waals surface area contributed by atoms with E-state index in [0.29, 0.717) is 10.2 Å². The van der Waals surface area contributed by atoms with Gasteiger partial charge in [-0.25, -0.2) is 4.39 Å². The van der Waals surface area contributed by atoms with Gasteiger partial charge in [0.25, 0.3) is 0 Å². The van der Waals surface area contributed by atoms with Crippen LogP contribution in [-0.2, 0) is 9.53 Å². The van der Waals surface area contributed by atoms with E-state index < -0.39 is 0 Å². The molecule has 0 unspecified atom stereocenters. The minimum Gasteiger partial charge on any atom is -0.468 e. The first-order valence-electron chi connectivity index (χ1n) is 4.31. The van der Waals surface area contributed by atoms with Gasteiger partial charge in [0.2, 0.25) is 0 Å². The molecule has 0 aliphatic rings. The summed E-state index contributed by atoms with van der Waals surface area (Å²) in [6.07, 6.45) is 0. The number of carbonyl (C=O) groups is 1. The van der Waals surface area contributed by atoms with Gasteiger partial charge in [-0.05, 0) is 40.5 Å². The van der Waals surface area contributed by atoms with Crippen molar-refractivity contribution in [2.24, 2.45) is 0 Å². The Balaban J connectivity index is 2.77. The molecule has 15 heavy (non-hydrogen) atoms. The first-order valence-corrected chi connectivity index (χ1v) is 5.10. The molecule has 1 aromatic rings. The largest absolute Gasteiger partial charge is 0.468 e. The minimum absolute atomic E-state index is 0.0649. The van der Waals surface area contributed by atoms with Crippen molar-refractivity contribution < 1.29 is 13.9 Å². The van der Waals surface area contributed by atoms with Crippen molar-refractivity contribution >= 4 is 27.6 Å². The summed E-state index contributed by atoms with van der Waals surface area (Å²) in [6.45, 7) is 1.82. The lowest BCUT2D eigenvalue weighted by molar-refractivity contribution is -0.138.